The zero-order chi connectivity index (χ0) is 22.3. The van der Waals surface area contributed by atoms with Gasteiger partial charge in [0.1, 0.15) is 5.75 Å². The van der Waals surface area contributed by atoms with Crippen molar-refractivity contribution in [3.05, 3.63) is 29.3 Å². The van der Waals surface area contributed by atoms with Crippen molar-refractivity contribution in [2.24, 2.45) is 0 Å². The van der Waals surface area contributed by atoms with Gasteiger partial charge < -0.3 is 9.84 Å². The van der Waals surface area contributed by atoms with E-state index in [2.05, 4.69) is 19.9 Å². The van der Waals surface area contributed by atoms with Crippen molar-refractivity contribution < 1.29 is 9.84 Å². The highest BCUT2D eigenvalue weighted by Gasteiger charge is 2.07. The molecule has 0 heterocycles. The van der Waals surface area contributed by atoms with Gasteiger partial charge in [-0.1, -0.05) is 103 Å². The van der Waals surface area contributed by atoms with Gasteiger partial charge in [0, 0.05) is 13.2 Å². The van der Waals surface area contributed by atoms with Crippen LogP contribution in [0.1, 0.15) is 129 Å². The number of phenols is 1. The molecule has 0 bridgehead atoms. The van der Waals surface area contributed by atoms with Crippen LogP contribution in [0.25, 0.3) is 0 Å². The number of ether oxygens (including phenoxy) is 1. The van der Waals surface area contributed by atoms with E-state index in [1.54, 1.807) is 0 Å². The van der Waals surface area contributed by atoms with E-state index in [4.69, 9.17) is 4.74 Å². The van der Waals surface area contributed by atoms with Crippen molar-refractivity contribution in [1.82, 2.24) is 0 Å². The Hall–Kier alpha value is -1.02. The van der Waals surface area contributed by atoms with Gasteiger partial charge in [-0.05, 0) is 56.7 Å². The molecule has 0 fully saturated rings. The normalized spacial score (nSPS) is 10.7. The van der Waals surface area contributed by atoms with Gasteiger partial charge in [-0.2, -0.15) is 0 Å². The number of phenolic OH excluding ortho intramolecular Hbond substituents is 1. The lowest BCUT2D eigenvalue weighted by Crippen LogP contribution is -1.96. The molecule has 0 amide bonds. The molecule has 30 heavy (non-hydrogen) atoms. The van der Waals surface area contributed by atoms with Crippen LogP contribution >= 0.6 is 0 Å². The van der Waals surface area contributed by atoms with Crippen molar-refractivity contribution in [3.63, 3.8) is 0 Å². The van der Waals surface area contributed by atoms with Gasteiger partial charge in [0.2, 0.25) is 0 Å². The molecule has 0 unspecified atom stereocenters. The van der Waals surface area contributed by atoms with Crippen LogP contribution in [0.3, 0.4) is 0 Å². The maximum atomic E-state index is 10.3. The van der Waals surface area contributed by atoms with Crippen LogP contribution in [0.5, 0.6) is 5.75 Å². The zero-order valence-electron chi connectivity index (χ0n) is 20.8. The van der Waals surface area contributed by atoms with E-state index in [1.807, 2.05) is 26.0 Å². The van der Waals surface area contributed by atoms with Crippen LogP contribution in [-0.4, -0.2) is 18.3 Å². The van der Waals surface area contributed by atoms with Crippen LogP contribution in [0.15, 0.2) is 18.2 Å². The lowest BCUT2D eigenvalue weighted by molar-refractivity contribution is 0.162. The Morgan fingerprint density at radius 3 is 1.53 bits per heavy atom. The molecule has 1 aromatic rings. The molecule has 1 aromatic carbocycles. The number of aryl methyl sites for hydroxylation is 1. The predicted octanol–water partition coefficient (Wildman–Crippen LogP) is 9.02. The molecule has 0 aromatic heterocycles. The first-order valence-electron chi connectivity index (χ1n) is 13.1. The van der Waals surface area contributed by atoms with Crippen LogP contribution in [0.4, 0.5) is 0 Å². The Labute approximate surface area is 188 Å². The number of hydrogen-bond acceptors (Lipinski definition) is 2. The third kappa shape index (κ3) is 16.7. The fourth-order valence-electron chi connectivity index (χ4n) is 3.88. The van der Waals surface area contributed by atoms with Gasteiger partial charge in [-0.15, -0.1) is 0 Å². The zero-order valence-corrected chi connectivity index (χ0v) is 20.8. The van der Waals surface area contributed by atoms with Crippen LogP contribution in [-0.2, 0) is 17.6 Å². The highest BCUT2D eigenvalue weighted by Crippen LogP contribution is 2.25. The van der Waals surface area contributed by atoms with E-state index in [0.29, 0.717) is 5.75 Å². The SMILES string of the molecule is CCCCCCCCCc1cccc(O)c1CCCCCCCCC.CCOCC. The third-order valence-corrected chi connectivity index (χ3v) is 5.74. The molecule has 176 valence electrons. The predicted molar refractivity (Wildman–Crippen MR) is 134 cm³/mol. The Balaban J connectivity index is 0.00000150. The summed E-state index contributed by atoms with van der Waals surface area (Å²) in [6.07, 6.45) is 21.0. The van der Waals surface area contributed by atoms with Crippen molar-refractivity contribution in [1.29, 1.82) is 0 Å². The number of benzene rings is 1. The summed E-state index contributed by atoms with van der Waals surface area (Å²) in [6.45, 7) is 10.2. The summed E-state index contributed by atoms with van der Waals surface area (Å²) in [5.41, 5.74) is 2.61. The van der Waals surface area contributed by atoms with E-state index in [9.17, 15) is 5.11 Å². The summed E-state index contributed by atoms with van der Waals surface area (Å²) in [6, 6.07) is 6.11. The van der Waals surface area contributed by atoms with E-state index in [1.165, 1.54) is 101 Å². The molecule has 1 N–H and O–H groups in total. The largest absolute Gasteiger partial charge is 0.508 e. The summed E-state index contributed by atoms with van der Waals surface area (Å²) in [4.78, 5) is 0. The Kier molecular flexibility index (Phi) is 21.9. The van der Waals surface area contributed by atoms with Gasteiger partial charge in [0.25, 0.3) is 0 Å². The number of rotatable bonds is 18. The molecule has 0 saturated carbocycles. The van der Waals surface area contributed by atoms with Gasteiger partial charge in [-0.25, -0.2) is 0 Å². The van der Waals surface area contributed by atoms with Gasteiger partial charge in [-0.3, -0.25) is 0 Å². The van der Waals surface area contributed by atoms with E-state index < -0.39 is 0 Å². The molecule has 0 aliphatic heterocycles. The Morgan fingerprint density at radius 1 is 0.600 bits per heavy atom. The first kappa shape index (κ1) is 29.0. The van der Waals surface area contributed by atoms with Crippen LogP contribution in [0, 0.1) is 0 Å². The quantitative estimate of drug-likeness (QED) is 0.240. The van der Waals surface area contributed by atoms with Crippen molar-refractivity contribution >= 4 is 0 Å². The summed E-state index contributed by atoms with van der Waals surface area (Å²) >= 11 is 0. The number of unbranched alkanes of at least 4 members (excludes halogenated alkanes) is 12. The fourth-order valence-corrected chi connectivity index (χ4v) is 3.88. The molecule has 0 saturated heterocycles. The molecule has 1 rings (SSSR count). The maximum Gasteiger partial charge on any atom is 0.119 e. The highest BCUT2D eigenvalue weighted by atomic mass is 16.5. The average molecular weight is 421 g/mol. The van der Waals surface area contributed by atoms with Crippen molar-refractivity contribution in [2.75, 3.05) is 13.2 Å². The Morgan fingerprint density at radius 2 is 1.07 bits per heavy atom. The average Bonchev–Trinajstić information content (AvgIpc) is 2.75. The highest BCUT2D eigenvalue weighted by molar-refractivity contribution is 5.39. The third-order valence-electron chi connectivity index (χ3n) is 5.74. The van der Waals surface area contributed by atoms with Crippen molar-refractivity contribution in [2.45, 2.75) is 130 Å². The minimum absolute atomic E-state index is 0.520. The van der Waals surface area contributed by atoms with Gasteiger partial charge in [0.15, 0.2) is 0 Å². The van der Waals surface area contributed by atoms with E-state index in [0.717, 1.165) is 26.1 Å². The maximum absolute atomic E-state index is 10.3. The number of hydrogen-bond donors (Lipinski definition) is 1. The molecule has 0 radical (unpaired) electrons. The molecular weight excluding hydrogens is 368 g/mol. The van der Waals surface area contributed by atoms with E-state index in [-0.39, 0.29) is 0 Å². The smallest absolute Gasteiger partial charge is 0.119 e. The fraction of sp³-hybridized carbons (Fsp3) is 0.786. The molecule has 0 aliphatic rings. The lowest BCUT2D eigenvalue weighted by atomic mass is 9.95. The second-order valence-corrected chi connectivity index (χ2v) is 8.44. The molecule has 0 spiro atoms. The standard InChI is InChI=1S/C24H42O.C4H10O/c1-3-5-7-9-11-13-15-18-22-19-17-21-24(25)23(22)20-16-14-12-10-8-6-4-2;1-3-5-4-2/h17,19,21,25H,3-16,18,20H2,1-2H3;3-4H2,1-2H3. The van der Waals surface area contributed by atoms with Crippen LogP contribution < -0.4 is 0 Å². The topological polar surface area (TPSA) is 29.5 Å². The van der Waals surface area contributed by atoms with Gasteiger partial charge >= 0.3 is 0 Å². The van der Waals surface area contributed by atoms with Crippen molar-refractivity contribution in [3.8, 4) is 5.75 Å². The summed E-state index contributed by atoms with van der Waals surface area (Å²) < 4.78 is 4.83. The molecule has 0 aliphatic carbocycles. The summed E-state index contributed by atoms with van der Waals surface area (Å²) in [7, 11) is 0. The van der Waals surface area contributed by atoms with E-state index >= 15 is 0 Å². The molecular formula is C28H52O2. The monoisotopic (exact) mass is 420 g/mol. The van der Waals surface area contributed by atoms with Gasteiger partial charge in [0.05, 0.1) is 0 Å². The minimum atomic E-state index is 0.520. The lowest BCUT2D eigenvalue weighted by Gasteiger charge is -2.12. The molecule has 2 nitrogen and oxygen atoms in total. The summed E-state index contributed by atoms with van der Waals surface area (Å²) in [5, 5.41) is 10.3. The molecule has 0 atom stereocenters. The summed E-state index contributed by atoms with van der Waals surface area (Å²) in [5.74, 6) is 0.520. The first-order valence-corrected chi connectivity index (χ1v) is 13.1. The van der Waals surface area contributed by atoms with Crippen LogP contribution in [0.2, 0.25) is 0 Å². The first-order chi connectivity index (χ1) is 14.7. The number of aromatic hydroxyl groups is 1. The Bertz CT molecular complexity index is 468. The second-order valence-electron chi connectivity index (χ2n) is 8.44. The molecule has 2 heteroatoms. The minimum Gasteiger partial charge on any atom is -0.508 e. The second kappa shape index (κ2) is 22.7.